The number of rotatable bonds is 8. The van der Waals surface area contributed by atoms with Gasteiger partial charge < -0.3 is 5.32 Å². The summed E-state index contributed by atoms with van der Waals surface area (Å²) in [6.45, 7) is 5.13. The summed E-state index contributed by atoms with van der Waals surface area (Å²) in [6.07, 6.45) is 1.23. The van der Waals surface area contributed by atoms with Gasteiger partial charge in [-0.15, -0.1) is 0 Å². The van der Waals surface area contributed by atoms with Crippen LogP contribution in [0, 0.1) is 0 Å². The van der Waals surface area contributed by atoms with Gasteiger partial charge in [0.1, 0.15) is 0 Å². The van der Waals surface area contributed by atoms with Crippen molar-refractivity contribution in [3.8, 4) is 0 Å². The Kier molecular flexibility index (Phi) is 6.80. The van der Waals surface area contributed by atoms with Gasteiger partial charge in [-0.05, 0) is 63.9 Å². The van der Waals surface area contributed by atoms with Gasteiger partial charge in [-0.3, -0.25) is 14.4 Å². The molecule has 0 saturated carbocycles. The highest BCUT2D eigenvalue weighted by atomic mass is 32.2. The number of hydrogen-bond donors (Lipinski definition) is 2. The maximum atomic E-state index is 12.8. The van der Waals surface area contributed by atoms with Crippen molar-refractivity contribution in [3.05, 3.63) is 59.7 Å². The molecule has 0 bridgehead atoms. The molecule has 0 radical (unpaired) electrons. The third-order valence-corrected chi connectivity index (χ3v) is 7.31. The molecule has 3 rings (SSSR count). The molecule has 32 heavy (non-hydrogen) atoms. The SMILES string of the molecule is CC(C)(C)S(=O)(=O)NCCCCC(=O)Nc1ccc2c(c1)C(=O)N(c1ccccc1)C2=O. The predicted octanol–water partition coefficient (Wildman–Crippen LogP) is 3.31. The van der Waals surface area contributed by atoms with Crippen LogP contribution in [-0.4, -0.2) is 37.4 Å². The number of sulfonamides is 1. The summed E-state index contributed by atoms with van der Waals surface area (Å²) in [4.78, 5) is 38.8. The Balaban J connectivity index is 1.54. The zero-order valence-electron chi connectivity index (χ0n) is 18.3. The van der Waals surface area contributed by atoms with Crippen molar-refractivity contribution in [2.75, 3.05) is 16.8 Å². The number of imide groups is 1. The van der Waals surface area contributed by atoms with E-state index < -0.39 is 26.6 Å². The van der Waals surface area contributed by atoms with Crippen molar-refractivity contribution in [2.45, 2.75) is 44.8 Å². The van der Waals surface area contributed by atoms with Crippen LogP contribution in [0.15, 0.2) is 48.5 Å². The van der Waals surface area contributed by atoms with E-state index in [1.54, 1.807) is 57.2 Å². The number of hydrogen-bond acceptors (Lipinski definition) is 5. The fourth-order valence-corrected chi connectivity index (χ4v) is 4.03. The van der Waals surface area contributed by atoms with Crippen molar-refractivity contribution in [2.24, 2.45) is 0 Å². The first kappa shape index (κ1) is 23.6. The number of fused-ring (bicyclic) bond motifs is 1. The van der Waals surface area contributed by atoms with Gasteiger partial charge in [0.15, 0.2) is 0 Å². The molecule has 0 saturated heterocycles. The highest BCUT2D eigenvalue weighted by Gasteiger charge is 2.36. The third kappa shape index (κ3) is 5.05. The van der Waals surface area contributed by atoms with Gasteiger partial charge >= 0.3 is 0 Å². The minimum Gasteiger partial charge on any atom is -0.326 e. The second-order valence-corrected chi connectivity index (χ2v) is 11.1. The minimum atomic E-state index is -3.40. The molecule has 2 N–H and O–H groups in total. The average molecular weight is 458 g/mol. The first-order valence-corrected chi connectivity index (χ1v) is 11.9. The molecule has 1 aliphatic heterocycles. The van der Waals surface area contributed by atoms with Gasteiger partial charge in [0.2, 0.25) is 15.9 Å². The van der Waals surface area contributed by atoms with E-state index >= 15 is 0 Å². The van der Waals surface area contributed by atoms with Crippen LogP contribution >= 0.6 is 0 Å². The topological polar surface area (TPSA) is 113 Å². The lowest BCUT2D eigenvalue weighted by Gasteiger charge is -2.19. The van der Waals surface area contributed by atoms with E-state index in [1.165, 1.54) is 12.1 Å². The standard InChI is InChI=1S/C23H27N3O5S/c1-23(2,3)32(30,31)24-14-8-7-11-20(27)25-16-12-13-18-19(15-16)22(29)26(21(18)28)17-9-5-4-6-10-17/h4-6,9-10,12-13,15,24H,7-8,11,14H2,1-3H3,(H,25,27). The number of carbonyl (C=O) groups excluding carboxylic acids is 3. The normalized spacial score (nSPS) is 13.9. The maximum absolute atomic E-state index is 12.8. The Bertz CT molecular complexity index is 1140. The quantitative estimate of drug-likeness (QED) is 0.466. The van der Waals surface area contributed by atoms with E-state index in [9.17, 15) is 22.8 Å². The summed E-state index contributed by atoms with van der Waals surface area (Å²) in [6, 6.07) is 13.3. The predicted molar refractivity (Wildman–Crippen MR) is 123 cm³/mol. The molecule has 1 aliphatic rings. The Labute approximate surface area is 188 Å². The lowest BCUT2D eigenvalue weighted by Crippen LogP contribution is -2.39. The molecule has 0 aliphatic carbocycles. The van der Waals surface area contributed by atoms with Crippen LogP contribution < -0.4 is 14.9 Å². The minimum absolute atomic E-state index is 0.206. The van der Waals surface area contributed by atoms with E-state index in [0.717, 1.165) is 4.90 Å². The van der Waals surface area contributed by atoms with Gasteiger partial charge in [-0.2, -0.15) is 0 Å². The maximum Gasteiger partial charge on any atom is 0.266 e. The van der Waals surface area contributed by atoms with Crippen LogP contribution in [0.4, 0.5) is 11.4 Å². The highest BCUT2D eigenvalue weighted by molar-refractivity contribution is 7.90. The fourth-order valence-electron chi connectivity index (χ4n) is 3.19. The molecule has 0 fully saturated rings. The number of nitrogens with one attached hydrogen (secondary N) is 2. The van der Waals surface area contributed by atoms with Gasteiger partial charge in [0.05, 0.1) is 21.6 Å². The first-order chi connectivity index (χ1) is 15.0. The number of para-hydroxylation sites is 1. The number of amides is 3. The van der Waals surface area contributed by atoms with Gasteiger partial charge in [-0.25, -0.2) is 18.0 Å². The van der Waals surface area contributed by atoms with Crippen LogP contribution in [0.2, 0.25) is 0 Å². The van der Waals surface area contributed by atoms with Crippen LogP contribution in [-0.2, 0) is 14.8 Å². The molecule has 0 unspecified atom stereocenters. The molecular formula is C23H27N3O5S. The number of carbonyl (C=O) groups is 3. The molecule has 0 spiro atoms. The molecule has 0 aromatic heterocycles. The number of benzene rings is 2. The van der Waals surface area contributed by atoms with Crippen molar-refractivity contribution in [1.29, 1.82) is 0 Å². The summed E-state index contributed by atoms with van der Waals surface area (Å²) >= 11 is 0. The lowest BCUT2D eigenvalue weighted by molar-refractivity contribution is -0.116. The lowest BCUT2D eigenvalue weighted by atomic mass is 10.1. The third-order valence-electron chi connectivity index (χ3n) is 5.11. The van der Waals surface area contributed by atoms with Crippen LogP contribution in [0.1, 0.15) is 60.7 Å². The molecule has 1 heterocycles. The molecule has 170 valence electrons. The van der Waals surface area contributed by atoms with E-state index in [1.807, 2.05) is 0 Å². The number of nitrogens with zero attached hydrogens (tertiary/aromatic N) is 1. The average Bonchev–Trinajstić information content (AvgIpc) is 2.97. The summed E-state index contributed by atoms with van der Waals surface area (Å²) < 4.78 is 25.7. The van der Waals surface area contributed by atoms with Gasteiger partial charge in [0.25, 0.3) is 11.8 Å². The number of unbranched alkanes of at least 4 members (excludes halogenated alkanes) is 1. The zero-order chi connectivity index (χ0) is 23.5. The van der Waals surface area contributed by atoms with Crippen LogP contribution in [0.25, 0.3) is 0 Å². The van der Waals surface area contributed by atoms with E-state index in [4.69, 9.17) is 0 Å². The molecule has 9 heteroatoms. The summed E-state index contributed by atoms with van der Waals surface area (Å²) in [5.41, 5.74) is 1.46. The smallest absolute Gasteiger partial charge is 0.266 e. The van der Waals surface area contributed by atoms with Crippen molar-refractivity contribution < 1.29 is 22.8 Å². The monoisotopic (exact) mass is 457 g/mol. The Hall–Kier alpha value is -3.04. The van der Waals surface area contributed by atoms with Gasteiger partial charge in [0, 0.05) is 18.7 Å². The van der Waals surface area contributed by atoms with E-state index in [0.29, 0.717) is 29.8 Å². The van der Waals surface area contributed by atoms with Crippen molar-refractivity contribution >= 4 is 39.1 Å². The van der Waals surface area contributed by atoms with Crippen molar-refractivity contribution in [3.63, 3.8) is 0 Å². The summed E-state index contributed by atoms with van der Waals surface area (Å²) in [5, 5.41) is 2.73. The van der Waals surface area contributed by atoms with Crippen molar-refractivity contribution in [1.82, 2.24) is 4.72 Å². The van der Waals surface area contributed by atoms with E-state index in [-0.39, 0.29) is 24.4 Å². The number of anilines is 2. The fraction of sp³-hybridized carbons (Fsp3) is 0.348. The Morgan fingerprint density at radius 3 is 2.25 bits per heavy atom. The van der Waals surface area contributed by atoms with Gasteiger partial charge in [-0.1, -0.05) is 18.2 Å². The second-order valence-electron chi connectivity index (χ2n) is 8.56. The molecular weight excluding hydrogens is 430 g/mol. The Morgan fingerprint density at radius 1 is 0.938 bits per heavy atom. The summed E-state index contributed by atoms with van der Waals surface area (Å²) in [5.74, 6) is -1.08. The highest BCUT2D eigenvalue weighted by Crippen LogP contribution is 2.30. The molecule has 8 nitrogen and oxygen atoms in total. The summed E-state index contributed by atoms with van der Waals surface area (Å²) in [7, 11) is -3.40. The largest absolute Gasteiger partial charge is 0.326 e. The van der Waals surface area contributed by atoms with E-state index in [2.05, 4.69) is 10.0 Å². The Morgan fingerprint density at radius 2 is 1.59 bits per heavy atom. The molecule has 2 aromatic carbocycles. The van der Waals surface area contributed by atoms with Crippen LogP contribution in [0.5, 0.6) is 0 Å². The molecule has 0 atom stereocenters. The molecule has 2 aromatic rings. The zero-order valence-corrected chi connectivity index (χ0v) is 19.2. The van der Waals surface area contributed by atoms with Crippen LogP contribution in [0.3, 0.4) is 0 Å². The molecule has 3 amide bonds. The second kappa shape index (κ2) is 9.22. The first-order valence-electron chi connectivity index (χ1n) is 10.4.